The molecule has 30 heavy (non-hydrogen) atoms. The average Bonchev–Trinajstić information content (AvgIpc) is 3.09. The molecule has 0 aliphatic heterocycles. The van der Waals surface area contributed by atoms with Gasteiger partial charge in [-0.2, -0.15) is 0 Å². The highest BCUT2D eigenvalue weighted by atomic mass is 16.3. The van der Waals surface area contributed by atoms with E-state index in [0.717, 1.165) is 48.0 Å². The second-order valence-electron chi connectivity index (χ2n) is 7.42. The maximum atomic E-state index is 12.4. The lowest BCUT2D eigenvalue weighted by atomic mass is 10.1. The van der Waals surface area contributed by atoms with Gasteiger partial charge in [-0.1, -0.05) is 13.8 Å². The highest BCUT2D eigenvalue weighted by Crippen LogP contribution is 2.37. The van der Waals surface area contributed by atoms with Gasteiger partial charge >= 0.3 is 0 Å². The first-order chi connectivity index (χ1) is 14.6. The van der Waals surface area contributed by atoms with Gasteiger partial charge in [0.25, 0.3) is 0 Å². The average molecular weight is 402 g/mol. The Kier molecular flexibility index (Phi) is 4.44. The fourth-order valence-corrected chi connectivity index (χ4v) is 4.37. The van der Waals surface area contributed by atoms with E-state index >= 15 is 0 Å². The van der Waals surface area contributed by atoms with Crippen LogP contribution in [0.3, 0.4) is 0 Å². The van der Waals surface area contributed by atoms with Crippen LogP contribution in [0.2, 0.25) is 0 Å². The molecule has 0 saturated carbocycles. The molecular formula is C24H22N2O4. The third-order valence-electron chi connectivity index (χ3n) is 5.98. The second kappa shape index (κ2) is 7.15. The molecule has 152 valence electrons. The normalized spacial score (nSPS) is 12.1. The quantitative estimate of drug-likeness (QED) is 0.437. The largest absolute Gasteiger partial charge is 0.463 e. The predicted molar refractivity (Wildman–Crippen MR) is 119 cm³/mol. The Morgan fingerprint density at radius 1 is 0.767 bits per heavy atom. The molecule has 5 aromatic rings. The van der Waals surface area contributed by atoms with Crippen LogP contribution in [0.1, 0.15) is 13.8 Å². The van der Waals surface area contributed by atoms with Crippen molar-refractivity contribution >= 4 is 43.7 Å². The summed E-state index contributed by atoms with van der Waals surface area (Å²) in [6, 6.07) is 10.4. The summed E-state index contributed by atoms with van der Waals surface area (Å²) in [6.45, 7) is 7.91. The van der Waals surface area contributed by atoms with Gasteiger partial charge in [0.05, 0.1) is 45.1 Å². The minimum Gasteiger partial charge on any atom is -0.463 e. The van der Waals surface area contributed by atoms with Crippen molar-refractivity contribution in [3.05, 3.63) is 69.4 Å². The first kappa shape index (κ1) is 18.6. The maximum absolute atomic E-state index is 12.4. The Hall–Kier alpha value is -3.38. The lowest BCUT2D eigenvalue weighted by Crippen LogP contribution is -2.26. The van der Waals surface area contributed by atoms with Crippen LogP contribution in [-0.2, 0) is 6.54 Å². The molecule has 0 radical (unpaired) electrons. The number of hydrogen-bond acceptors (Lipinski definition) is 5. The minimum atomic E-state index is -0.0936. The number of aromatic nitrogens is 1. The van der Waals surface area contributed by atoms with Gasteiger partial charge in [-0.3, -0.25) is 9.59 Å². The lowest BCUT2D eigenvalue weighted by Gasteiger charge is -2.19. The van der Waals surface area contributed by atoms with E-state index in [1.165, 1.54) is 24.7 Å². The Morgan fingerprint density at radius 2 is 1.27 bits per heavy atom. The summed E-state index contributed by atoms with van der Waals surface area (Å²) in [7, 11) is 0. The summed E-state index contributed by atoms with van der Waals surface area (Å²) in [6.07, 6.45) is 2.84. The molecule has 0 spiro atoms. The summed E-state index contributed by atoms with van der Waals surface area (Å²) in [5.41, 5.74) is 2.76. The van der Waals surface area contributed by atoms with E-state index in [0.29, 0.717) is 21.9 Å². The van der Waals surface area contributed by atoms with Gasteiger partial charge in [-0.15, -0.1) is 0 Å². The summed E-state index contributed by atoms with van der Waals surface area (Å²) in [4.78, 5) is 27.2. The van der Waals surface area contributed by atoms with Crippen molar-refractivity contribution in [3.63, 3.8) is 0 Å². The number of rotatable bonds is 5. The molecule has 0 unspecified atom stereocenters. The second-order valence-corrected chi connectivity index (χ2v) is 7.42. The van der Waals surface area contributed by atoms with E-state index in [2.05, 4.69) is 23.3 Å². The van der Waals surface area contributed by atoms with Crippen molar-refractivity contribution in [1.29, 1.82) is 0 Å². The van der Waals surface area contributed by atoms with Gasteiger partial charge in [0, 0.05) is 25.2 Å². The molecule has 5 rings (SSSR count). The number of hydrogen-bond donors (Lipinski definition) is 0. The molecule has 6 heteroatoms. The zero-order chi connectivity index (χ0) is 20.8. The summed E-state index contributed by atoms with van der Waals surface area (Å²) < 4.78 is 13.9. The van der Waals surface area contributed by atoms with E-state index in [1.54, 1.807) is 0 Å². The van der Waals surface area contributed by atoms with E-state index in [1.807, 2.05) is 24.3 Å². The Labute approximate surface area is 171 Å². The van der Waals surface area contributed by atoms with Crippen molar-refractivity contribution in [1.82, 2.24) is 9.47 Å². The fourth-order valence-electron chi connectivity index (χ4n) is 4.37. The van der Waals surface area contributed by atoms with Crippen molar-refractivity contribution in [2.75, 3.05) is 19.6 Å². The van der Waals surface area contributed by atoms with Crippen molar-refractivity contribution < 1.29 is 8.83 Å². The van der Waals surface area contributed by atoms with Crippen LogP contribution in [-0.4, -0.2) is 29.1 Å². The van der Waals surface area contributed by atoms with E-state index in [-0.39, 0.29) is 10.9 Å². The molecule has 0 amide bonds. The van der Waals surface area contributed by atoms with Crippen LogP contribution in [0.25, 0.3) is 43.7 Å². The van der Waals surface area contributed by atoms with Crippen LogP contribution >= 0.6 is 0 Å². The molecule has 0 N–H and O–H groups in total. The first-order valence-corrected chi connectivity index (χ1v) is 10.2. The van der Waals surface area contributed by atoms with Crippen LogP contribution < -0.4 is 10.9 Å². The number of likely N-dealkylation sites (N-methyl/N-ethyl adjacent to an activating group) is 1. The third kappa shape index (κ3) is 2.68. The zero-order valence-electron chi connectivity index (χ0n) is 17.0. The monoisotopic (exact) mass is 402 g/mol. The summed E-state index contributed by atoms with van der Waals surface area (Å²) in [5, 5.41) is 2.64. The molecular weight excluding hydrogens is 380 g/mol. The van der Waals surface area contributed by atoms with Gasteiger partial charge in [-0.25, -0.2) is 0 Å². The third-order valence-corrected chi connectivity index (χ3v) is 5.98. The van der Waals surface area contributed by atoms with Gasteiger partial charge in [0.15, 0.2) is 10.9 Å². The molecule has 0 fully saturated rings. The summed E-state index contributed by atoms with van der Waals surface area (Å²) in [5.74, 6) is 0. The molecule has 3 heterocycles. The number of nitrogens with zero attached hydrogens (tertiary/aromatic N) is 2. The molecule has 0 aliphatic rings. The van der Waals surface area contributed by atoms with Crippen molar-refractivity contribution in [2.45, 2.75) is 20.4 Å². The standard InChI is InChI=1S/C24H22N2O4/c1-3-25(4-2)11-12-26-17-7-5-15-19(27)9-13-29-23(15)21(17)22-18(26)8-6-16-20(28)10-14-30-24(16)22/h5-10,13-14H,3-4,11-12H2,1-2H3. The molecule has 2 aromatic carbocycles. The van der Waals surface area contributed by atoms with Gasteiger partial charge < -0.3 is 18.3 Å². The van der Waals surface area contributed by atoms with Crippen LogP contribution in [0, 0.1) is 0 Å². The highest BCUT2D eigenvalue weighted by Gasteiger charge is 2.20. The van der Waals surface area contributed by atoms with Crippen molar-refractivity contribution in [3.8, 4) is 0 Å². The topological polar surface area (TPSA) is 68.6 Å². The maximum Gasteiger partial charge on any atom is 0.192 e. The fraction of sp³-hybridized carbons (Fsp3) is 0.250. The van der Waals surface area contributed by atoms with Crippen LogP contribution in [0.5, 0.6) is 0 Å². The van der Waals surface area contributed by atoms with Crippen LogP contribution in [0.15, 0.2) is 67.3 Å². The highest BCUT2D eigenvalue weighted by molar-refractivity contribution is 6.25. The summed E-state index contributed by atoms with van der Waals surface area (Å²) >= 11 is 0. The molecule has 0 aliphatic carbocycles. The van der Waals surface area contributed by atoms with Crippen molar-refractivity contribution in [2.24, 2.45) is 0 Å². The van der Waals surface area contributed by atoms with E-state index < -0.39 is 0 Å². The van der Waals surface area contributed by atoms with Gasteiger partial charge in [-0.05, 0) is 37.4 Å². The van der Waals surface area contributed by atoms with Gasteiger partial charge in [0.2, 0.25) is 0 Å². The predicted octanol–water partition coefficient (Wildman–Crippen LogP) is 4.35. The molecule has 3 aromatic heterocycles. The van der Waals surface area contributed by atoms with E-state index in [4.69, 9.17) is 8.83 Å². The number of benzene rings is 2. The Morgan fingerprint density at radius 3 is 1.73 bits per heavy atom. The van der Waals surface area contributed by atoms with Gasteiger partial charge in [0.1, 0.15) is 11.2 Å². The van der Waals surface area contributed by atoms with E-state index in [9.17, 15) is 9.59 Å². The smallest absolute Gasteiger partial charge is 0.192 e. The molecule has 0 bridgehead atoms. The minimum absolute atomic E-state index is 0.0936. The Balaban J connectivity index is 1.94. The lowest BCUT2D eigenvalue weighted by molar-refractivity contribution is 0.293. The zero-order valence-corrected chi connectivity index (χ0v) is 17.0. The van der Waals surface area contributed by atoms with Crippen LogP contribution in [0.4, 0.5) is 0 Å². The molecule has 0 saturated heterocycles. The molecule has 6 nitrogen and oxygen atoms in total. The number of fused-ring (bicyclic) bond motifs is 7. The SMILES string of the molecule is CCN(CC)CCn1c2ccc3c(=O)ccoc3c2c2c3occc(=O)c3ccc21. The first-order valence-electron chi connectivity index (χ1n) is 10.2. The Bertz CT molecular complexity index is 1410. The molecule has 0 atom stereocenters.